The third-order valence-corrected chi connectivity index (χ3v) is 6.11. The van der Waals surface area contributed by atoms with Gasteiger partial charge in [0.1, 0.15) is 0 Å². The molecule has 6 nitrogen and oxygen atoms in total. The number of aromatic nitrogens is 1. The molecule has 0 spiro atoms. The number of nitrogens with zero attached hydrogens (tertiary/aromatic N) is 2. The number of pyridine rings is 1. The highest BCUT2D eigenvalue weighted by molar-refractivity contribution is 5.80. The Labute approximate surface area is 164 Å². The van der Waals surface area contributed by atoms with Gasteiger partial charge in [-0.1, -0.05) is 43.3 Å². The predicted octanol–water partition coefficient (Wildman–Crippen LogP) is 1.54. The van der Waals surface area contributed by atoms with Crippen LogP contribution in [0.3, 0.4) is 0 Å². The number of nitrogens with one attached hydrogen (secondary N) is 1. The first-order valence-corrected chi connectivity index (χ1v) is 10.0. The maximum atomic E-state index is 13.1. The number of hydrogen-bond donors (Lipinski definition) is 2. The van der Waals surface area contributed by atoms with Crippen LogP contribution in [0.5, 0.6) is 0 Å². The third kappa shape index (κ3) is 3.16. The van der Waals surface area contributed by atoms with Crippen LogP contribution in [0.4, 0.5) is 0 Å². The highest BCUT2D eigenvalue weighted by atomic mass is 16.3. The Morgan fingerprint density at radius 3 is 2.68 bits per heavy atom. The Bertz CT molecular complexity index is 895. The van der Waals surface area contributed by atoms with Gasteiger partial charge in [0, 0.05) is 50.0 Å². The SMILES string of the molecule is CCCNC(=O)[C@@H]1[C@@H](CO)[C@@H]2Cn3c(cccc3=O)[C@H]1N2Cc1ccccc1. The van der Waals surface area contributed by atoms with Crippen molar-refractivity contribution in [3.05, 3.63) is 70.1 Å². The van der Waals surface area contributed by atoms with Crippen LogP contribution in [-0.2, 0) is 17.9 Å². The van der Waals surface area contributed by atoms with Crippen molar-refractivity contribution in [2.45, 2.75) is 38.5 Å². The van der Waals surface area contributed by atoms with E-state index in [4.69, 9.17) is 0 Å². The normalized spacial score (nSPS) is 26.1. The molecule has 148 valence electrons. The van der Waals surface area contributed by atoms with Crippen LogP contribution < -0.4 is 10.9 Å². The number of carbonyl (C=O) groups is 1. The quantitative estimate of drug-likeness (QED) is 0.796. The lowest BCUT2D eigenvalue weighted by Gasteiger charge is -2.38. The molecule has 3 heterocycles. The zero-order valence-corrected chi connectivity index (χ0v) is 16.1. The first-order chi connectivity index (χ1) is 13.7. The monoisotopic (exact) mass is 381 g/mol. The van der Waals surface area contributed by atoms with Crippen LogP contribution in [0.15, 0.2) is 53.3 Å². The first-order valence-electron chi connectivity index (χ1n) is 10.0. The zero-order valence-electron chi connectivity index (χ0n) is 16.1. The van der Waals surface area contributed by atoms with Crippen molar-refractivity contribution in [2.75, 3.05) is 13.2 Å². The summed E-state index contributed by atoms with van der Waals surface area (Å²) in [5, 5.41) is 13.2. The molecule has 1 aromatic carbocycles. The number of aliphatic hydroxyl groups is 1. The molecule has 4 rings (SSSR count). The molecule has 1 saturated heterocycles. The summed E-state index contributed by atoms with van der Waals surface area (Å²) in [6.07, 6.45) is 0.861. The maximum absolute atomic E-state index is 13.1. The summed E-state index contributed by atoms with van der Waals surface area (Å²) in [6.45, 7) is 3.76. The molecular formula is C22H27N3O3. The van der Waals surface area contributed by atoms with E-state index in [-0.39, 0.29) is 42.0 Å². The van der Waals surface area contributed by atoms with E-state index in [1.165, 1.54) is 0 Å². The van der Waals surface area contributed by atoms with Crippen molar-refractivity contribution in [3.63, 3.8) is 0 Å². The maximum Gasteiger partial charge on any atom is 0.250 e. The fourth-order valence-corrected chi connectivity index (χ4v) is 4.85. The van der Waals surface area contributed by atoms with Gasteiger partial charge in [-0.2, -0.15) is 0 Å². The number of aliphatic hydroxyl groups excluding tert-OH is 1. The van der Waals surface area contributed by atoms with Gasteiger partial charge in [0.2, 0.25) is 5.91 Å². The lowest BCUT2D eigenvalue weighted by atomic mass is 9.86. The van der Waals surface area contributed by atoms with E-state index in [0.29, 0.717) is 19.6 Å². The smallest absolute Gasteiger partial charge is 0.250 e. The van der Waals surface area contributed by atoms with Crippen molar-refractivity contribution in [1.82, 2.24) is 14.8 Å². The second-order valence-corrected chi connectivity index (χ2v) is 7.73. The molecule has 28 heavy (non-hydrogen) atoms. The van der Waals surface area contributed by atoms with E-state index >= 15 is 0 Å². The molecule has 0 unspecified atom stereocenters. The van der Waals surface area contributed by atoms with E-state index in [1.54, 1.807) is 16.7 Å². The van der Waals surface area contributed by atoms with Gasteiger partial charge in [-0.25, -0.2) is 0 Å². The fourth-order valence-electron chi connectivity index (χ4n) is 4.85. The Morgan fingerprint density at radius 2 is 1.96 bits per heavy atom. The molecule has 2 aromatic rings. The van der Waals surface area contributed by atoms with Gasteiger partial charge in [-0.3, -0.25) is 14.5 Å². The third-order valence-electron chi connectivity index (χ3n) is 6.11. The second-order valence-electron chi connectivity index (χ2n) is 7.73. The van der Waals surface area contributed by atoms with Crippen LogP contribution in [0.2, 0.25) is 0 Å². The molecule has 1 aromatic heterocycles. The summed E-state index contributed by atoms with van der Waals surface area (Å²) in [7, 11) is 0. The topological polar surface area (TPSA) is 74.6 Å². The Hall–Kier alpha value is -2.44. The number of rotatable bonds is 6. The molecule has 2 N–H and O–H groups in total. The van der Waals surface area contributed by atoms with Gasteiger partial charge in [-0.05, 0) is 18.1 Å². The lowest BCUT2D eigenvalue weighted by molar-refractivity contribution is -0.127. The molecule has 2 bridgehead atoms. The van der Waals surface area contributed by atoms with Crippen molar-refractivity contribution in [1.29, 1.82) is 0 Å². The number of amides is 1. The van der Waals surface area contributed by atoms with Crippen LogP contribution in [0.25, 0.3) is 0 Å². The van der Waals surface area contributed by atoms with Crippen molar-refractivity contribution in [2.24, 2.45) is 11.8 Å². The van der Waals surface area contributed by atoms with Crippen LogP contribution in [0.1, 0.15) is 30.6 Å². The molecule has 1 fully saturated rings. The summed E-state index contributed by atoms with van der Waals surface area (Å²) < 4.78 is 1.78. The first kappa shape index (κ1) is 18.9. The molecule has 0 radical (unpaired) electrons. The number of hydrogen-bond acceptors (Lipinski definition) is 4. The highest BCUT2D eigenvalue weighted by Gasteiger charge is 2.55. The summed E-state index contributed by atoms with van der Waals surface area (Å²) in [4.78, 5) is 27.9. The van der Waals surface area contributed by atoms with E-state index < -0.39 is 0 Å². The Kier molecular flexibility index (Phi) is 5.33. The van der Waals surface area contributed by atoms with Gasteiger partial charge >= 0.3 is 0 Å². The van der Waals surface area contributed by atoms with Gasteiger partial charge in [0.15, 0.2) is 0 Å². The Balaban J connectivity index is 1.77. The van der Waals surface area contributed by atoms with Gasteiger partial charge in [0.25, 0.3) is 5.56 Å². The van der Waals surface area contributed by atoms with E-state index in [2.05, 4.69) is 22.3 Å². The van der Waals surface area contributed by atoms with Crippen LogP contribution in [-0.4, -0.2) is 39.7 Å². The zero-order chi connectivity index (χ0) is 19.7. The molecule has 4 atom stereocenters. The summed E-state index contributed by atoms with van der Waals surface area (Å²) in [6, 6.07) is 15.2. The average molecular weight is 381 g/mol. The lowest BCUT2D eigenvalue weighted by Crippen LogP contribution is -2.45. The molecule has 1 amide bonds. The summed E-state index contributed by atoms with van der Waals surface area (Å²) in [5.74, 6) is -0.609. The van der Waals surface area contributed by atoms with Crippen LogP contribution in [0, 0.1) is 11.8 Å². The molecular weight excluding hydrogens is 354 g/mol. The minimum atomic E-state index is -0.374. The van der Waals surface area contributed by atoms with E-state index in [0.717, 1.165) is 17.7 Å². The minimum Gasteiger partial charge on any atom is -0.396 e. The molecule has 2 aliphatic heterocycles. The summed E-state index contributed by atoms with van der Waals surface area (Å²) in [5.41, 5.74) is 1.99. The van der Waals surface area contributed by atoms with E-state index in [9.17, 15) is 14.7 Å². The van der Waals surface area contributed by atoms with Gasteiger partial charge < -0.3 is 15.0 Å². The molecule has 2 aliphatic rings. The van der Waals surface area contributed by atoms with Crippen LogP contribution >= 0.6 is 0 Å². The van der Waals surface area contributed by atoms with Gasteiger partial charge in [0.05, 0.1) is 12.0 Å². The predicted molar refractivity (Wildman–Crippen MR) is 107 cm³/mol. The van der Waals surface area contributed by atoms with E-state index in [1.807, 2.05) is 31.2 Å². The fraction of sp³-hybridized carbons (Fsp3) is 0.455. The van der Waals surface area contributed by atoms with Crippen molar-refractivity contribution >= 4 is 5.91 Å². The number of fused-ring (bicyclic) bond motifs is 4. The van der Waals surface area contributed by atoms with Gasteiger partial charge in [-0.15, -0.1) is 0 Å². The molecule has 6 heteroatoms. The largest absolute Gasteiger partial charge is 0.396 e. The van der Waals surface area contributed by atoms with Crippen molar-refractivity contribution < 1.29 is 9.90 Å². The minimum absolute atomic E-state index is 0.0313. The van der Waals surface area contributed by atoms with Crippen molar-refractivity contribution in [3.8, 4) is 0 Å². The number of carbonyl (C=O) groups excluding carboxylic acids is 1. The Morgan fingerprint density at radius 1 is 1.18 bits per heavy atom. The second kappa shape index (κ2) is 7.89. The molecule has 0 aliphatic carbocycles. The summed E-state index contributed by atoms with van der Waals surface area (Å²) >= 11 is 0. The highest BCUT2D eigenvalue weighted by Crippen LogP contribution is 2.48. The number of benzene rings is 1. The molecule has 0 saturated carbocycles. The standard InChI is InChI=1S/C22H27N3O3/c1-2-11-23-22(28)20-16(14-26)18-13-24-17(9-6-10-19(24)27)21(20)25(18)12-15-7-4-3-5-8-15/h3-10,16,18,20-21,26H,2,11-14H2,1H3,(H,23,28)/t16-,18-,20+,21+/m0/s1. The average Bonchev–Trinajstić information content (AvgIpc) is 2.92.